The fourth-order valence-electron chi connectivity index (χ4n) is 1.87. The van der Waals surface area contributed by atoms with Crippen LogP contribution >= 0.6 is 0 Å². The third-order valence-electron chi connectivity index (χ3n) is 3.02. The number of hydrogen-bond acceptors (Lipinski definition) is 3. The maximum Gasteiger partial charge on any atom is 0.145 e. The molecule has 0 spiro atoms. The quantitative estimate of drug-likeness (QED) is 0.799. The largest absolute Gasteiger partial charge is 0.307 e. The molecule has 0 aromatic carbocycles. The highest BCUT2D eigenvalue weighted by Gasteiger charge is 2.27. The normalized spacial score (nSPS) is 17.4. The second-order valence-electron chi connectivity index (χ2n) is 4.80. The molecule has 1 fully saturated rings. The summed E-state index contributed by atoms with van der Waals surface area (Å²) in [6.45, 7) is 5.27. The van der Waals surface area contributed by atoms with Crippen molar-refractivity contribution in [2.45, 2.75) is 45.6 Å². The molecule has 1 N–H and O–H groups in total. The van der Waals surface area contributed by atoms with E-state index in [9.17, 15) is 0 Å². The highest BCUT2D eigenvalue weighted by molar-refractivity contribution is 5.05. The van der Waals surface area contributed by atoms with Gasteiger partial charge in [0.05, 0.1) is 6.04 Å². The van der Waals surface area contributed by atoms with Gasteiger partial charge in [0.15, 0.2) is 0 Å². The van der Waals surface area contributed by atoms with Crippen LogP contribution in [0.25, 0.3) is 0 Å². The summed E-state index contributed by atoms with van der Waals surface area (Å²) in [5.74, 6) is 1.87. The lowest BCUT2D eigenvalue weighted by atomic mass is 10.1. The maximum atomic E-state index is 4.44. The van der Waals surface area contributed by atoms with Crippen LogP contribution in [0.3, 0.4) is 0 Å². The van der Waals surface area contributed by atoms with Crippen molar-refractivity contribution in [1.29, 1.82) is 0 Å². The highest BCUT2D eigenvalue weighted by atomic mass is 15.0. The summed E-state index contributed by atoms with van der Waals surface area (Å²) in [4.78, 5) is 8.88. The van der Waals surface area contributed by atoms with Gasteiger partial charge in [-0.25, -0.2) is 9.97 Å². The molecule has 1 saturated carbocycles. The Bertz CT molecular complexity index is 316. The molecule has 1 atom stereocenters. The lowest BCUT2D eigenvalue weighted by Crippen LogP contribution is -2.24. The minimum absolute atomic E-state index is 0.355. The molecule has 0 saturated heterocycles. The number of nitrogens with one attached hydrogen (secondary N) is 1. The van der Waals surface area contributed by atoms with Gasteiger partial charge in [-0.2, -0.15) is 0 Å². The predicted molar refractivity (Wildman–Crippen MR) is 65.1 cm³/mol. The molecule has 1 unspecified atom stereocenters. The van der Waals surface area contributed by atoms with Gasteiger partial charge in [0.2, 0.25) is 0 Å². The van der Waals surface area contributed by atoms with Crippen molar-refractivity contribution in [2.75, 3.05) is 6.54 Å². The van der Waals surface area contributed by atoms with Crippen molar-refractivity contribution in [1.82, 2.24) is 15.3 Å². The van der Waals surface area contributed by atoms with Crippen molar-refractivity contribution in [3.8, 4) is 0 Å². The highest BCUT2D eigenvalue weighted by Crippen LogP contribution is 2.36. The van der Waals surface area contributed by atoms with Crippen LogP contribution in [-0.4, -0.2) is 16.5 Å². The smallest absolute Gasteiger partial charge is 0.145 e. The third-order valence-corrected chi connectivity index (χ3v) is 3.02. The van der Waals surface area contributed by atoms with Crippen LogP contribution in [0.15, 0.2) is 12.4 Å². The third kappa shape index (κ3) is 3.27. The summed E-state index contributed by atoms with van der Waals surface area (Å²) in [5, 5.41) is 3.55. The molecule has 0 aliphatic heterocycles. The Kier molecular flexibility index (Phi) is 3.88. The molecule has 0 amide bonds. The second-order valence-corrected chi connectivity index (χ2v) is 4.80. The number of nitrogens with zero attached hydrogens (tertiary/aromatic N) is 2. The van der Waals surface area contributed by atoms with E-state index >= 15 is 0 Å². The van der Waals surface area contributed by atoms with Gasteiger partial charge >= 0.3 is 0 Å². The van der Waals surface area contributed by atoms with Gasteiger partial charge in [-0.1, -0.05) is 19.8 Å². The van der Waals surface area contributed by atoms with Crippen molar-refractivity contribution in [2.24, 2.45) is 5.92 Å². The lowest BCUT2D eigenvalue weighted by Gasteiger charge is -2.16. The zero-order chi connectivity index (χ0) is 11.4. The first-order chi connectivity index (χ1) is 7.79. The van der Waals surface area contributed by atoms with Gasteiger partial charge in [0.1, 0.15) is 5.82 Å². The maximum absolute atomic E-state index is 4.44. The van der Waals surface area contributed by atoms with Crippen LogP contribution in [0.5, 0.6) is 0 Å². The summed E-state index contributed by atoms with van der Waals surface area (Å²) in [6, 6.07) is 0.355. The first-order valence-electron chi connectivity index (χ1n) is 6.31. The molecule has 16 heavy (non-hydrogen) atoms. The van der Waals surface area contributed by atoms with E-state index in [-0.39, 0.29) is 0 Å². The molecule has 3 heteroatoms. The fraction of sp³-hybridized carbons (Fsp3) is 0.692. The Morgan fingerprint density at radius 3 is 2.62 bits per heavy atom. The first kappa shape index (κ1) is 11.5. The SMILES string of the molecule is CCCNC(CC1CC1)c1ncc(C)cn1. The fourth-order valence-corrected chi connectivity index (χ4v) is 1.87. The van der Waals surface area contributed by atoms with Gasteiger partial charge in [0.25, 0.3) is 0 Å². The Morgan fingerprint density at radius 2 is 2.06 bits per heavy atom. The van der Waals surface area contributed by atoms with Gasteiger partial charge in [-0.15, -0.1) is 0 Å². The molecule has 1 aromatic heterocycles. The van der Waals surface area contributed by atoms with E-state index in [0.29, 0.717) is 6.04 Å². The average Bonchev–Trinajstić information content (AvgIpc) is 3.09. The van der Waals surface area contributed by atoms with Gasteiger partial charge in [0, 0.05) is 12.4 Å². The summed E-state index contributed by atoms with van der Waals surface area (Å²) < 4.78 is 0. The Labute approximate surface area is 97.7 Å². The summed E-state index contributed by atoms with van der Waals surface area (Å²) in [6.07, 6.45) is 8.95. The van der Waals surface area contributed by atoms with E-state index in [1.165, 1.54) is 19.3 Å². The minimum Gasteiger partial charge on any atom is -0.307 e. The molecule has 88 valence electrons. The van der Waals surface area contributed by atoms with Crippen LogP contribution in [0.4, 0.5) is 0 Å². The van der Waals surface area contributed by atoms with Gasteiger partial charge < -0.3 is 5.32 Å². The zero-order valence-electron chi connectivity index (χ0n) is 10.2. The molecule has 1 aliphatic carbocycles. The Morgan fingerprint density at radius 1 is 1.38 bits per heavy atom. The van der Waals surface area contributed by atoms with Crippen molar-refractivity contribution in [3.05, 3.63) is 23.8 Å². The van der Waals surface area contributed by atoms with E-state index in [0.717, 1.165) is 30.3 Å². The second kappa shape index (κ2) is 5.39. The van der Waals surface area contributed by atoms with Crippen LogP contribution < -0.4 is 5.32 Å². The number of rotatable bonds is 6. The molecule has 3 nitrogen and oxygen atoms in total. The Balaban J connectivity index is 2.00. The van der Waals surface area contributed by atoms with E-state index in [2.05, 4.69) is 22.2 Å². The minimum atomic E-state index is 0.355. The van der Waals surface area contributed by atoms with E-state index in [1.54, 1.807) is 0 Å². The number of aromatic nitrogens is 2. The molecule has 0 bridgehead atoms. The van der Waals surface area contributed by atoms with Crippen molar-refractivity contribution >= 4 is 0 Å². The average molecular weight is 219 g/mol. The first-order valence-corrected chi connectivity index (χ1v) is 6.31. The van der Waals surface area contributed by atoms with E-state index < -0.39 is 0 Å². The molecular weight excluding hydrogens is 198 g/mol. The number of aryl methyl sites for hydroxylation is 1. The Hall–Kier alpha value is -0.960. The number of hydrogen-bond donors (Lipinski definition) is 1. The van der Waals surface area contributed by atoms with Crippen molar-refractivity contribution in [3.63, 3.8) is 0 Å². The van der Waals surface area contributed by atoms with Crippen LogP contribution in [0, 0.1) is 12.8 Å². The van der Waals surface area contributed by atoms with Gasteiger partial charge in [-0.3, -0.25) is 0 Å². The molecule has 0 radical (unpaired) electrons. The molecule has 1 heterocycles. The van der Waals surface area contributed by atoms with E-state index in [4.69, 9.17) is 0 Å². The zero-order valence-corrected chi connectivity index (χ0v) is 10.2. The van der Waals surface area contributed by atoms with Crippen LogP contribution in [0.2, 0.25) is 0 Å². The summed E-state index contributed by atoms with van der Waals surface area (Å²) >= 11 is 0. The topological polar surface area (TPSA) is 37.8 Å². The lowest BCUT2D eigenvalue weighted by molar-refractivity contribution is 0.453. The molecular formula is C13H21N3. The standard InChI is InChI=1S/C13H21N3/c1-3-6-14-12(7-11-4-5-11)13-15-8-10(2)9-16-13/h8-9,11-12,14H,3-7H2,1-2H3. The summed E-state index contributed by atoms with van der Waals surface area (Å²) in [7, 11) is 0. The monoisotopic (exact) mass is 219 g/mol. The van der Waals surface area contributed by atoms with Gasteiger partial charge in [-0.05, 0) is 37.8 Å². The van der Waals surface area contributed by atoms with Crippen LogP contribution in [-0.2, 0) is 0 Å². The van der Waals surface area contributed by atoms with E-state index in [1.807, 2.05) is 19.3 Å². The molecule has 1 aliphatic rings. The molecule has 2 rings (SSSR count). The predicted octanol–water partition coefficient (Wildman–Crippen LogP) is 2.63. The molecule has 1 aromatic rings. The van der Waals surface area contributed by atoms with Crippen molar-refractivity contribution < 1.29 is 0 Å². The summed E-state index contributed by atoms with van der Waals surface area (Å²) in [5.41, 5.74) is 1.13. The van der Waals surface area contributed by atoms with Crippen LogP contribution in [0.1, 0.15) is 50.0 Å².